The molecule has 3 rings (SSSR count). The van der Waals surface area contributed by atoms with Gasteiger partial charge in [-0.25, -0.2) is 13.1 Å². The highest BCUT2D eigenvalue weighted by atomic mass is 32.2. The van der Waals surface area contributed by atoms with Gasteiger partial charge in [-0.2, -0.15) is 0 Å². The largest absolute Gasteiger partial charge is 0.467 e. The molecule has 0 bridgehead atoms. The quantitative estimate of drug-likeness (QED) is 0.698. The van der Waals surface area contributed by atoms with Crippen molar-refractivity contribution >= 4 is 15.9 Å². The van der Waals surface area contributed by atoms with E-state index in [0.717, 1.165) is 5.56 Å². The summed E-state index contributed by atoms with van der Waals surface area (Å²) in [6.07, 6.45) is 1.55. The molecule has 6 nitrogen and oxygen atoms in total. The first-order valence-electron chi connectivity index (χ1n) is 7.94. The molecule has 0 radical (unpaired) electrons. The highest BCUT2D eigenvalue weighted by molar-refractivity contribution is 7.89. The summed E-state index contributed by atoms with van der Waals surface area (Å²) in [5.74, 6) is 0.280. The van der Waals surface area contributed by atoms with Crippen LogP contribution in [-0.2, 0) is 10.0 Å². The second-order valence-electron chi connectivity index (χ2n) is 5.56. The Hall–Kier alpha value is -2.90. The van der Waals surface area contributed by atoms with Crippen molar-refractivity contribution < 1.29 is 17.6 Å². The van der Waals surface area contributed by atoms with Gasteiger partial charge in [-0.05, 0) is 49.0 Å². The summed E-state index contributed by atoms with van der Waals surface area (Å²) >= 11 is 0. The predicted octanol–water partition coefficient (Wildman–Crippen LogP) is 2.71. The molecule has 134 valence electrons. The van der Waals surface area contributed by atoms with Crippen LogP contribution in [0.15, 0.2) is 82.3 Å². The number of hydrogen-bond donors (Lipinski definition) is 2. The first-order chi connectivity index (χ1) is 12.5. The van der Waals surface area contributed by atoms with E-state index in [0.29, 0.717) is 11.3 Å². The minimum Gasteiger partial charge on any atom is -0.467 e. The average molecular weight is 370 g/mol. The second kappa shape index (κ2) is 7.55. The molecule has 1 heterocycles. The standard InChI is InChI=1S/C19H18N2O4S/c1-20-26(23,24)16-11-9-15(10-12-16)19(22)21-18(17-8-5-13-25-17)14-6-3-2-4-7-14/h2-13,18,20H,1H3,(H,21,22). The van der Waals surface area contributed by atoms with E-state index >= 15 is 0 Å². The molecule has 0 saturated heterocycles. The monoisotopic (exact) mass is 370 g/mol. The van der Waals surface area contributed by atoms with Crippen LogP contribution in [0, 0.1) is 0 Å². The molecule has 0 aliphatic rings. The van der Waals surface area contributed by atoms with Gasteiger partial charge in [0.2, 0.25) is 10.0 Å². The first kappa shape index (κ1) is 17.9. The zero-order valence-electron chi connectivity index (χ0n) is 14.0. The molecule has 0 aliphatic heterocycles. The summed E-state index contributed by atoms with van der Waals surface area (Å²) in [5, 5.41) is 2.93. The third-order valence-electron chi connectivity index (χ3n) is 3.93. The average Bonchev–Trinajstić information content (AvgIpc) is 3.21. The van der Waals surface area contributed by atoms with Crippen LogP contribution in [0.5, 0.6) is 0 Å². The molecule has 3 aromatic rings. The Morgan fingerprint density at radius 3 is 2.23 bits per heavy atom. The topological polar surface area (TPSA) is 88.4 Å². The van der Waals surface area contributed by atoms with E-state index in [9.17, 15) is 13.2 Å². The van der Waals surface area contributed by atoms with Gasteiger partial charge in [0.15, 0.2) is 0 Å². The van der Waals surface area contributed by atoms with Crippen LogP contribution in [0.4, 0.5) is 0 Å². The van der Waals surface area contributed by atoms with Crippen molar-refractivity contribution in [3.63, 3.8) is 0 Å². The highest BCUT2D eigenvalue weighted by Gasteiger charge is 2.20. The van der Waals surface area contributed by atoms with Crippen molar-refractivity contribution in [1.82, 2.24) is 10.0 Å². The van der Waals surface area contributed by atoms with Crippen molar-refractivity contribution in [2.24, 2.45) is 0 Å². The fraction of sp³-hybridized carbons (Fsp3) is 0.105. The molecule has 1 amide bonds. The molecule has 1 unspecified atom stereocenters. The third kappa shape index (κ3) is 3.84. The van der Waals surface area contributed by atoms with Gasteiger partial charge in [0, 0.05) is 5.56 Å². The molecule has 0 spiro atoms. The molecule has 1 atom stereocenters. The Morgan fingerprint density at radius 1 is 0.962 bits per heavy atom. The van der Waals surface area contributed by atoms with Gasteiger partial charge in [-0.1, -0.05) is 30.3 Å². The van der Waals surface area contributed by atoms with E-state index in [4.69, 9.17) is 4.42 Å². The molecule has 2 aromatic carbocycles. The maximum absolute atomic E-state index is 12.6. The number of carbonyl (C=O) groups excluding carboxylic acids is 1. The molecule has 0 fully saturated rings. The fourth-order valence-electron chi connectivity index (χ4n) is 2.54. The van der Waals surface area contributed by atoms with E-state index in [1.807, 2.05) is 30.3 Å². The minimum atomic E-state index is -3.54. The van der Waals surface area contributed by atoms with Crippen LogP contribution >= 0.6 is 0 Å². The van der Waals surface area contributed by atoms with Gasteiger partial charge in [0.05, 0.1) is 11.2 Å². The van der Waals surface area contributed by atoms with Crippen molar-refractivity contribution in [2.45, 2.75) is 10.9 Å². The zero-order valence-corrected chi connectivity index (χ0v) is 14.9. The lowest BCUT2D eigenvalue weighted by molar-refractivity contribution is 0.0939. The lowest BCUT2D eigenvalue weighted by Crippen LogP contribution is -2.29. The molecular formula is C19H18N2O4S. The number of amides is 1. The lowest BCUT2D eigenvalue weighted by Gasteiger charge is -2.17. The summed E-state index contributed by atoms with van der Waals surface area (Å²) in [6, 6.07) is 18.3. The van der Waals surface area contributed by atoms with Gasteiger partial charge in [0.25, 0.3) is 5.91 Å². The van der Waals surface area contributed by atoms with Gasteiger partial charge >= 0.3 is 0 Å². The van der Waals surface area contributed by atoms with Crippen LogP contribution in [0.25, 0.3) is 0 Å². The smallest absolute Gasteiger partial charge is 0.252 e. The molecule has 0 aliphatic carbocycles. The van der Waals surface area contributed by atoms with Crippen LogP contribution in [0.1, 0.15) is 27.7 Å². The number of hydrogen-bond acceptors (Lipinski definition) is 4. The van der Waals surface area contributed by atoms with E-state index in [2.05, 4.69) is 10.0 Å². The predicted molar refractivity (Wildman–Crippen MR) is 97.1 cm³/mol. The Balaban J connectivity index is 1.85. The van der Waals surface area contributed by atoms with E-state index in [1.54, 1.807) is 18.4 Å². The van der Waals surface area contributed by atoms with Gasteiger partial charge in [-0.15, -0.1) is 0 Å². The minimum absolute atomic E-state index is 0.0993. The second-order valence-corrected chi connectivity index (χ2v) is 7.45. The third-order valence-corrected chi connectivity index (χ3v) is 5.36. The number of carbonyl (C=O) groups is 1. The number of rotatable bonds is 6. The zero-order chi connectivity index (χ0) is 18.6. The summed E-state index contributed by atoms with van der Waals surface area (Å²) in [5.41, 5.74) is 1.23. The SMILES string of the molecule is CNS(=O)(=O)c1ccc(C(=O)NC(c2ccccc2)c2ccco2)cc1. The summed E-state index contributed by atoms with van der Waals surface area (Å²) in [7, 11) is -2.20. The van der Waals surface area contributed by atoms with Crippen molar-refractivity contribution in [3.8, 4) is 0 Å². The number of furan rings is 1. The Kier molecular flexibility index (Phi) is 5.20. The summed E-state index contributed by atoms with van der Waals surface area (Å²) < 4.78 is 31.3. The Labute approximate surface area is 151 Å². The van der Waals surface area contributed by atoms with Gasteiger partial charge in [0.1, 0.15) is 11.8 Å². The molecule has 7 heteroatoms. The van der Waals surface area contributed by atoms with E-state index in [1.165, 1.54) is 31.3 Å². The maximum atomic E-state index is 12.6. The lowest BCUT2D eigenvalue weighted by atomic mass is 10.0. The van der Waals surface area contributed by atoms with Gasteiger partial charge in [-0.3, -0.25) is 4.79 Å². The Bertz CT molecular complexity index is 966. The fourth-order valence-corrected chi connectivity index (χ4v) is 3.27. The first-order valence-corrected chi connectivity index (χ1v) is 9.42. The normalized spacial score (nSPS) is 12.5. The van der Waals surface area contributed by atoms with Crippen LogP contribution < -0.4 is 10.0 Å². The van der Waals surface area contributed by atoms with Crippen molar-refractivity contribution in [1.29, 1.82) is 0 Å². The van der Waals surface area contributed by atoms with Crippen molar-refractivity contribution in [3.05, 3.63) is 89.9 Å². The van der Waals surface area contributed by atoms with Crippen LogP contribution in [0.2, 0.25) is 0 Å². The number of nitrogens with one attached hydrogen (secondary N) is 2. The number of sulfonamides is 1. The summed E-state index contributed by atoms with van der Waals surface area (Å²) in [4.78, 5) is 12.7. The number of benzene rings is 2. The molecule has 1 aromatic heterocycles. The van der Waals surface area contributed by atoms with Crippen LogP contribution in [0.3, 0.4) is 0 Å². The van der Waals surface area contributed by atoms with Crippen LogP contribution in [-0.4, -0.2) is 21.4 Å². The maximum Gasteiger partial charge on any atom is 0.252 e. The van der Waals surface area contributed by atoms with Crippen molar-refractivity contribution in [2.75, 3.05) is 7.05 Å². The molecular weight excluding hydrogens is 352 g/mol. The molecule has 2 N–H and O–H groups in total. The molecule has 26 heavy (non-hydrogen) atoms. The van der Waals surface area contributed by atoms with Gasteiger partial charge < -0.3 is 9.73 Å². The summed E-state index contributed by atoms with van der Waals surface area (Å²) in [6.45, 7) is 0. The van der Waals surface area contributed by atoms with E-state index in [-0.39, 0.29) is 10.8 Å². The van der Waals surface area contributed by atoms with E-state index < -0.39 is 16.1 Å². The molecule has 0 saturated carbocycles. The Morgan fingerprint density at radius 2 is 1.65 bits per heavy atom. The highest BCUT2D eigenvalue weighted by Crippen LogP contribution is 2.23.